The van der Waals surface area contributed by atoms with E-state index in [0.717, 1.165) is 6.42 Å². The number of hydrogen-bond donors (Lipinski definition) is 2. The van der Waals surface area contributed by atoms with Crippen LogP contribution >= 0.6 is 0 Å². The van der Waals surface area contributed by atoms with Crippen molar-refractivity contribution in [1.82, 2.24) is 15.2 Å². The van der Waals surface area contributed by atoms with Gasteiger partial charge in [-0.05, 0) is 20.3 Å². The van der Waals surface area contributed by atoms with E-state index in [4.69, 9.17) is 5.84 Å². The molecule has 0 aromatic carbocycles. The van der Waals surface area contributed by atoms with Crippen LogP contribution in [-0.2, 0) is 14.4 Å². The lowest BCUT2D eigenvalue weighted by Gasteiger charge is -2.37. The van der Waals surface area contributed by atoms with Gasteiger partial charge in [0, 0.05) is 13.1 Å². The zero-order valence-corrected chi connectivity index (χ0v) is 11.7. The van der Waals surface area contributed by atoms with Gasteiger partial charge < -0.3 is 9.80 Å². The number of carbonyl (C=O) groups excluding carboxylic acids is 3. The molecule has 0 radical (unpaired) electrons. The summed E-state index contributed by atoms with van der Waals surface area (Å²) < 4.78 is 0. The molecule has 0 saturated carbocycles. The summed E-state index contributed by atoms with van der Waals surface area (Å²) in [6.45, 7) is 6.22. The Kier molecular flexibility index (Phi) is 4.88. The highest BCUT2D eigenvalue weighted by Gasteiger charge is 2.36. The fourth-order valence-corrected chi connectivity index (χ4v) is 2.06. The molecule has 1 fully saturated rings. The van der Waals surface area contributed by atoms with Gasteiger partial charge >= 0.3 is 0 Å². The molecule has 1 aliphatic heterocycles. The van der Waals surface area contributed by atoms with E-state index in [-0.39, 0.29) is 37.4 Å². The monoisotopic (exact) mass is 270 g/mol. The van der Waals surface area contributed by atoms with E-state index in [1.165, 1.54) is 4.90 Å². The number of piperazine rings is 1. The lowest BCUT2D eigenvalue weighted by molar-refractivity contribution is -0.152. The van der Waals surface area contributed by atoms with Crippen LogP contribution in [0.1, 0.15) is 27.2 Å². The third kappa shape index (κ3) is 3.66. The van der Waals surface area contributed by atoms with Gasteiger partial charge in [0.15, 0.2) is 0 Å². The van der Waals surface area contributed by atoms with Crippen LogP contribution in [0.2, 0.25) is 0 Å². The first-order chi connectivity index (χ1) is 8.81. The van der Waals surface area contributed by atoms with Crippen molar-refractivity contribution in [3.05, 3.63) is 0 Å². The zero-order valence-electron chi connectivity index (χ0n) is 11.7. The Bertz CT molecular complexity index is 381. The number of nitrogens with two attached hydrogens (primary N) is 1. The van der Waals surface area contributed by atoms with Crippen LogP contribution < -0.4 is 11.3 Å². The zero-order chi connectivity index (χ0) is 14.6. The van der Waals surface area contributed by atoms with Gasteiger partial charge in [0.05, 0.1) is 18.5 Å². The molecule has 0 unspecified atom stereocenters. The molecule has 7 heteroatoms. The van der Waals surface area contributed by atoms with Crippen molar-refractivity contribution in [1.29, 1.82) is 0 Å². The summed E-state index contributed by atoms with van der Waals surface area (Å²) >= 11 is 0. The maximum absolute atomic E-state index is 12.0. The highest BCUT2D eigenvalue weighted by Crippen LogP contribution is 2.19. The third-order valence-electron chi connectivity index (χ3n) is 3.18. The van der Waals surface area contributed by atoms with Crippen LogP contribution in [-0.4, -0.2) is 53.7 Å². The van der Waals surface area contributed by atoms with E-state index >= 15 is 0 Å². The Morgan fingerprint density at radius 3 is 2.32 bits per heavy atom. The highest BCUT2D eigenvalue weighted by atomic mass is 16.2. The van der Waals surface area contributed by atoms with Crippen molar-refractivity contribution in [2.45, 2.75) is 27.2 Å². The quantitative estimate of drug-likeness (QED) is 0.384. The fourth-order valence-electron chi connectivity index (χ4n) is 2.06. The number of amides is 3. The van der Waals surface area contributed by atoms with Gasteiger partial charge in [0.2, 0.25) is 17.7 Å². The minimum Gasteiger partial charge on any atom is -0.332 e. The molecule has 3 N–H and O–H groups in total. The molecule has 1 heterocycles. The molecule has 0 atom stereocenters. The summed E-state index contributed by atoms with van der Waals surface area (Å²) in [4.78, 5) is 38.4. The third-order valence-corrected chi connectivity index (χ3v) is 3.18. The second-order valence-electron chi connectivity index (χ2n) is 5.42. The lowest BCUT2D eigenvalue weighted by atomic mass is 9.91. The fraction of sp³-hybridized carbons (Fsp3) is 0.750. The Morgan fingerprint density at radius 2 is 1.79 bits per heavy atom. The van der Waals surface area contributed by atoms with Crippen LogP contribution in [0.4, 0.5) is 0 Å². The summed E-state index contributed by atoms with van der Waals surface area (Å²) in [6, 6.07) is 0. The van der Waals surface area contributed by atoms with Gasteiger partial charge in [-0.15, -0.1) is 0 Å². The minimum atomic E-state index is -0.822. The van der Waals surface area contributed by atoms with Crippen molar-refractivity contribution in [3.8, 4) is 0 Å². The van der Waals surface area contributed by atoms with Crippen LogP contribution in [0, 0.1) is 5.41 Å². The number of nitrogens with zero attached hydrogens (tertiary/aromatic N) is 2. The normalized spacial score (nSPS) is 16.8. The Labute approximate surface area is 113 Å². The molecule has 0 bridgehead atoms. The topological polar surface area (TPSA) is 95.7 Å². The van der Waals surface area contributed by atoms with Gasteiger partial charge in [0.25, 0.3) is 0 Å². The first-order valence-electron chi connectivity index (χ1n) is 6.38. The molecule has 1 saturated heterocycles. The van der Waals surface area contributed by atoms with Gasteiger partial charge in [-0.3, -0.25) is 19.8 Å². The van der Waals surface area contributed by atoms with Crippen molar-refractivity contribution in [2.24, 2.45) is 11.3 Å². The van der Waals surface area contributed by atoms with Crippen LogP contribution in [0.3, 0.4) is 0 Å². The molecular formula is C12H22N4O3. The first-order valence-corrected chi connectivity index (χ1v) is 6.38. The standard InChI is InChI=1S/C12H22N4O3/c1-4-5-15-6-10(18)16(7-9(15)17)8-12(2,3)11(19)14-13/h4-8,13H2,1-3H3,(H,14,19). The van der Waals surface area contributed by atoms with E-state index < -0.39 is 5.41 Å². The smallest absolute Gasteiger partial charge is 0.242 e. The Morgan fingerprint density at radius 1 is 1.26 bits per heavy atom. The van der Waals surface area contributed by atoms with E-state index in [2.05, 4.69) is 5.43 Å². The molecular weight excluding hydrogens is 248 g/mol. The molecule has 7 nitrogen and oxygen atoms in total. The van der Waals surface area contributed by atoms with E-state index in [1.807, 2.05) is 6.92 Å². The molecule has 0 spiro atoms. The summed E-state index contributed by atoms with van der Waals surface area (Å²) in [5, 5.41) is 0. The predicted octanol–water partition coefficient (Wildman–Crippen LogP) is -0.917. The molecule has 0 aromatic heterocycles. The number of nitrogens with one attached hydrogen (secondary N) is 1. The van der Waals surface area contributed by atoms with Crippen molar-refractivity contribution < 1.29 is 14.4 Å². The lowest BCUT2D eigenvalue weighted by Crippen LogP contribution is -2.57. The minimum absolute atomic E-state index is 0.0279. The maximum Gasteiger partial charge on any atom is 0.242 e. The molecule has 0 aromatic rings. The van der Waals surface area contributed by atoms with E-state index in [9.17, 15) is 14.4 Å². The first kappa shape index (κ1) is 15.4. The Hall–Kier alpha value is -1.63. The van der Waals surface area contributed by atoms with Gasteiger partial charge in [-0.25, -0.2) is 5.84 Å². The van der Waals surface area contributed by atoms with Gasteiger partial charge in [-0.1, -0.05) is 6.92 Å². The van der Waals surface area contributed by atoms with Gasteiger partial charge in [0.1, 0.15) is 0 Å². The number of hydrogen-bond acceptors (Lipinski definition) is 4. The number of hydrazine groups is 1. The summed E-state index contributed by atoms with van der Waals surface area (Å²) in [5.41, 5.74) is 1.26. The summed E-state index contributed by atoms with van der Waals surface area (Å²) in [7, 11) is 0. The second kappa shape index (κ2) is 6.01. The molecule has 0 aliphatic carbocycles. The van der Waals surface area contributed by atoms with Gasteiger partial charge in [-0.2, -0.15) is 0 Å². The SMILES string of the molecule is CCCN1CC(=O)N(CC(C)(C)C(=O)NN)CC1=O. The molecule has 19 heavy (non-hydrogen) atoms. The highest BCUT2D eigenvalue weighted by molar-refractivity contribution is 5.93. The maximum atomic E-state index is 12.0. The number of rotatable bonds is 5. The molecule has 1 aliphatic rings. The average Bonchev–Trinajstić information content (AvgIpc) is 2.34. The average molecular weight is 270 g/mol. The molecule has 1 rings (SSSR count). The van der Waals surface area contributed by atoms with E-state index in [1.54, 1.807) is 18.7 Å². The predicted molar refractivity (Wildman–Crippen MR) is 69.6 cm³/mol. The summed E-state index contributed by atoms with van der Waals surface area (Å²) in [6.07, 6.45) is 0.820. The summed E-state index contributed by atoms with van der Waals surface area (Å²) in [5.74, 6) is 4.54. The van der Waals surface area contributed by atoms with Crippen molar-refractivity contribution >= 4 is 17.7 Å². The van der Waals surface area contributed by atoms with Crippen LogP contribution in [0.25, 0.3) is 0 Å². The van der Waals surface area contributed by atoms with Crippen LogP contribution in [0.15, 0.2) is 0 Å². The van der Waals surface area contributed by atoms with Crippen molar-refractivity contribution in [2.75, 3.05) is 26.2 Å². The van der Waals surface area contributed by atoms with Crippen LogP contribution in [0.5, 0.6) is 0 Å². The molecule has 108 valence electrons. The Balaban J connectivity index is 2.69. The number of carbonyl (C=O) groups is 3. The molecule has 3 amide bonds. The largest absolute Gasteiger partial charge is 0.332 e. The second-order valence-corrected chi connectivity index (χ2v) is 5.42. The van der Waals surface area contributed by atoms with Crippen molar-refractivity contribution in [3.63, 3.8) is 0 Å². The van der Waals surface area contributed by atoms with E-state index in [0.29, 0.717) is 6.54 Å².